The van der Waals surface area contributed by atoms with Crippen LogP contribution in [0.4, 0.5) is 0 Å². The van der Waals surface area contributed by atoms with Crippen LogP contribution in [-0.4, -0.2) is 9.97 Å². The molecule has 0 amide bonds. The predicted molar refractivity (Wildman–Crippen MR) is 201 cm³/mol. The van der Waals surface area contributed by atoms with Crippen LogP contribution in [0.1, 0.15) is 95.0 Å². The fourth-order valence-corrected chi connectivity index (χ4v) is 5.35. The molecule has 0 N–H and O–H groups in total. The van der Waals surface area contributed by atoms with Gasteiger partial charge in [0.05, 0.1) is 22.8 Å². The second-order valence-corrected chi connectivity index (χ2v) is 11.5. The number of benzene rings is 4. The van der Waals surface area contributed by atoms with Crippen molar-refractivity contribution in [2.75, 3.05) is 0 Å². The number of hydrogen-bond donors (Lipinski definition) is 0. The SMILES string of the molecule is CCc1cccc(/C=C/c2nc(/C=C/c3cccc(CC)c3)c(/C=C/c3cccc(CC)c3)nc2/C=C/c2cccc(CC)c2)c1. The molecule has 0 atom stereocenters. The van der Waals surface area contributed by atoms with Crippen LogP contribution in [-0.2, 0) is 25.7 Å². The molecule has 0 saturated carbocycles. The van der Waals surface area contributed by atoms with Crippen molar-refractivity contribution in [3.63, 3.8) is 0 Å². The molecule has 0 fully saturated rings. The first-order valence-electron chi connectivity index (χ1n) is 16.6. The molecule has 2 heteroatoms. The van der Waals surface area contributed by atoms with E-state index < -0.39 is 0 Å². The van der Waals surface area contributed by atoms with Crippen molar-refractivity contribution >= 4 is 48.6 Å². The van der Waals surface area contributed by atoms with Gasteiger partial charge in [-0.15, -0.1) is 0 Å². The molecule has 46 heavy (non-hydrogen) atoms. The molecule has 230 valence electrons. The lowest BCUT2D eigenvalue weighted by atomic mass is 10.1. The minimum atomic E-state index is 0.830. The molecule has 2 nitrogen and oxygen atoms in total. The Morgan fingerprint density at radius 3 is 0.804 bits per heavy atom. The smallest absolute Gasteiger partial charge is 0.0894 e. The van der Waals surface area contributed by atoms with Crippen molar-refractivity contribution in [3.8, 4) is 0 Å². The predicted octanol–water partition coefficient (Wildman–Crippen LogP) is 11.4. The lowest BCUT2D eigenvalue weighted by Gasteiger charge is -2.08. The maximum Gasteiger partial charge on any atom is 0.0894 e. The topological polar surface area (TPSA) is 25.8 Å². The van der Waals surface area contributed by atoms with Gasteiger partial charge in [0.15, 0.2) is 0 Å². The molecule has 1 aromatic heterocycles. The highest BCUT2D eigenvalue weighted by Gasteiger charge is 2.09. The lowest BCUT2D eigenvalue weighted by Crippen LogP contribution is -2.00. The Hall–Kier alpha value is -5.08. The quantitative estimate of drug-likeness (QED) is 0.142. The number of nitrogens with zero attached hydrogens (tertiary/aromatic N) is 2. The van der Waals surface area contributed by atoms with Gasteiger partial charge < -0.3 is 0 Å². The van der Waals surface area contributed by atoms with Crippen molar-refractivity contribution < 1.29 is 0 Å². The van der Waals surface area contributed by atoms with Gasteiger partial charge in [-0.3, -0.25) is 0 Å². The molecule has 4 aromatic carbocycles. The van der Waals surface area contributed by atoms with Crippen LogP contribution >= 0.6 is 0 Å². The first kappa shape index (κ1) is 32.3. The van der Waals surface area contributed by atoms with Crippen LogP contribution in [0, 0.1) is 0 Å². The summed E-state index contributed by atoms with van der Waals surface area (Å²) in [6, 6.07) is 34.6. The summed E-state index contributed by atoms with van der Waals surface area (Å²) in [5, 5.41) is 0. The number of rotatable bonds is 12. The maximum absolute atomic E-state index is 5.24. The fourth-order valence-electron chi connectivity index (χ4n) is 5.35. The molecule has 1 heterocycles. The molecule has 0 radical (unpaired) electrons. The molecule has 0 aliphatic heterocycles. The fraction of sp³-hybridized carbons (Fsp3) is 0.182. The Kier molecular flexibility index (Phi) is 11.4. The Balaban J connectivity index is 1.63. The molecule has 0 saturated heterocycles. The van der Waals surface area contributed by atoms with Gasteiger partial charge >= 0.3 is 0 Å². The Morgan fingerprint density at radius 2 is 0.587 bits per heavy atom. The van der Waals surface area contributed by atoms with E-state index in [9.17, 15) is 0 Å². The summed E-state index contributed by atoms with van der Waals surface area (Å²) < 4.78 is 0. The third-order valence-corrected chi connectivity index (χ3v) is 8.18. The first-order chi connectivity index (χ1) is 22.6. The minimum absolute atomic E-state index is 0.830. The van der Waals surface area contributed by atoms with E-state index in [2.05, 4.69) is 173 Å². The van der Waals surface area contributed by atoms with E-state index in [0.717, 1.165) is 70.7 Å². The zero-order chi connectivity index (χ0) is 32.1. The van der Waals surface area contributed by atoms with Crippen LogP contribution in [0.5, 0.6) is 0 Å². The minimum Gasteiger partial charge on any atom is -0.245 e. The van der Waals surface area contributed by atoms with E-state index in [0.29, 0.717) is 0 Å². The Bertz CT molecular complexity index is 1610. The van der Waals surface area contributed by atoms with Gasteiger partial charge in [0, 0.05) is 0 Å². The average molecular weight is 601 g/mol. The number of hydrogen-bond acceptors (Lipinski definition) is 2. The second-order valence-electron chi connectivity index (χ2n) is 11.5. The van der Waals surface area contributed by atoms with Crippen LogP contribution in [0.2, 0.25) is 0 Å². The van der Waals surface area contributed by atoms with Crippen molar-refractivity contribution in [1.82, 2.24) is 9.97 Å². The summed E-state index contributed by atoms with van der Waals surface area (Å²) in [7, 11) is 0. The third-order valence-electron chi connectivity index (χ3n) is 8.18. The van der Waals surface area contributed by atoms with Gasteiger partial charge in [-0.05, 0) is 94.5 Å². The van der Waals surface area contributed by atoms with Gasteiger partial charge in [-0.25, -0.2) is 9.97 Å². The monoisotopic (exact) mass is 600 g/mol. The van der Waals surface area contributed by atoms with Gasteiger partial charge in [0.1, 0.15) is 0 Å². The van der Waals surface area contributed by atoms with E-state index in [1.165, 1.54) is 22.3 Å². The first-order valence-corrected chi connectivity index (χ1v) is 16.6. The summed E-state index contributed by atoms with van der Waals surface area (Å²) in [6.45, 7) is 8.74. The van der Waals surface area contributed by atoms with Crippen LogP contribution in [0.15, 0.2) is 97.1 Å². The van der Waals surface area contributed by atoms with E-state index in [1.807, 2.05) is 0 Å². The summed E-state index contributed by atoms with van der Waals surface area (Å²) in [5.74, 6) is 0. The average Bonchev–Trinajstić information content (AvgIpc) is 3.12. The number of aromatic nitrogens is 2. The molecule has 5 aromatic rings. The van der Waals surface area contributed by atoms with Gasteiger partial charge in [0.2, 0.25) is 0 Å². The maximum atomic E-state index is 5.24. The molecule has 0 bridgehead atoms. The van der Waals surface area contributed by atoms with Gasteiger partial charge in [-0.2, -0.15) is 0 Å². The molecule has 0 unspecified atom stereocenters. The van der Waals surface area contributed by atoms with Crippen LogP contribution < -0.4 is 0 Å². The van der Waals surface area contributed by atoms with E-state index >= 15 is 0 Å². The molecule has 0 spiro atoms. The molecular formula is C44H44N2. The highest BCUT2D eigenvalue weighted by molar-refractivity contribution is 5.81. The van der Waals surface area contributed by atoms with E-state index in [1.54, 1.807) is 0 Å². The van der Waals surface area contributed by atoms with Gasteiger partial charge in [0.25, 0.3) is 0 Å². The molecule has 5 rings (SSSR count). The highest BCUT2D eigenvalue weighted by atomic mass is 14.8. The summed E-state index contributed by atoms with van der Waals surface area (Å²) in [6.07, 6.45) is 21.0. The molecular weight excluding hydrogens is 556 g/mol. The van der Waals surface area contributed by atoms with E-state index in [-0.39, 0.29) is 0 Å². The summed E-state index contributed by atoms with van der Waals surface area (Å²) in [4.78, 5) is 10.5. The molecule has 0 aliphatic rings. The van der Waals surface area contributed by atoms with Crippen molar-refractivity contribution in [2.24, 2.45) is 0 Å². The zero-order valence-corrected chi connectivity index (χ0v) is 27.6. The Morgan fingerprint density at radius 1 is 0.348 bits per heavy atom. The van der Waals surface area contributed by atoms with Crippen molar-refractivity contribution in [3.05, 3.63) is 164 Å². The standard InChI is InChI=1S/C44H44N2/c1-5-33-13-9-17-37(29-33)21-25-41-42(26-22-38-18-10-14-34(6-2)30-38)46-44(28-24-40-20-12-16-36(8-4)32-40)43(45-41)27-23-39-19-11-15-35(7-3)31-39/h9-32H,5-8H2,1-4H3/b25-21+,26-22+,27-23+,28-24+. The molecule has 0 aliphatic carbocycles. The van der Waals surface area contributed by atoms with Crippen LogP contribution in [0.25, 0.3) is 48.6 Å². The van der Waals surface area contributed by atoms with Crippen LogP contribution in [0.3, 0.4) is 0 Å². The summed E-state index contributed by atoms with van der Waals surface area (Å²) in [5.41, 5.74) is 13.2. The third kappa shape index (κ3) is 8.99. The van der Waals surface area contributed by atoms with Gasteiger partial charge in [-0.1, -0.05) is 149 Å². The van der Waals surface area contributed by atoms with Crippen molar-refractivity contribution in [2.45, 2.75) is 53.4 Å². The number of aryl methyl sites for hydroxylation is 4. The lowest BCUT2D eigenvalue weighted by molar-refractivity contribution is 1.12. The normalized spacial score (nSPS) is 11.9. The van der Waals surface area contributed by atoms with Crippen molar-refractivity contribution in [1.29, 1.82) is 0 Å². The van der Waals surface area contributed by atoms with E-state index in [4.69, 9.17) is 9.97 Å². The zero-order valence-electron chi connectivity index (χ0n) is 27.6. The highest BCUT2D eigenvalue weighted by Crippen LogP contribution is 2.21. The Labute approximate surface area is 275 Å². The summed E-state index contributed by atoms with van der Waals surface area (Å²) >= 11 is 0. The largest absolute Gasteiger partial charge is 0.245 e. The second kappa shape index (κ2) is 16.3.